The standard InChI is InChI=1S/C60H64N4O6/c1-7-9-11-13-33-59(65)57-55(41-21-17-25-45(37-41)69-5)51-31-29-49(62-51)53(39-19-15-23-43(35-39)67-3)47-27-28-48(61-47)54(40-20-16-24-44(36-40)68-4)50-30-32-52(63-50)56(42-22-18-26-46(38-42)70-6)58(64-57)60(59,66)34-14-12-10-8-2/h15-32,35-38,62-63,65-66H,7-14,33-34H2,1-6H3. The maximum absolute atomic E-state index is 14.2. The van der Waals surface area contributed by atoms with Crippen molar-refractivity contribution in [2.24, 2.45) is 0 Å². The summed E-state index contributed by atoms with van der Waals surface area (Å²) >= 11 is 0. The van der Waals surface area contributed by atoms with E-state index in [1.807, 2.05) is 97.1 Å². The number of rotatable bonds is 18. The topological polar surface area (TPSA) is 135 Å². The number of aromatic nitrogens is 4. The third-order valence-corrected chi connectivity index (χ3v) is 14.0. The highest BCUT2D eigenvalue weighted by molar-refractivity contribution is 5.98. The summed E-state index contributed by atoms with van der Waals surface area (Å²) in [6, 6.07) is 39.9. The van der Waals surface area contributed by atoms with Crippen molar-refractivity contribution in [3.05, 3.63) is 144 Å². The molecule has 0 spiro atoms. The fourth-order valence-corrected chi connectivity index (χ4v) is 10.3. The van der Waals surface area contributed by atoms with Crippen molar-refractivity contribution in [1.29, 1.82) is 0 Å². The molecule has 0 fully saturated rings. The molecule has 3 aromatic heterocycles. The summed E-state index contributed by atoms with van der Waals surface area (Å²) in [5.74, 6) is 2.71. The molecule has 10 heteroatoms. The summed E-state index contributed by atoms with van der Waals surface area (Å²) < 4.78 is 23.3. The summed E-state index contributed by atoms with van der Waals surface area (Å²) in [6.45, 7) is 4.36. The SMILES string of the molecule is CCCCCCC1(O)c2nc(c(-c3cccc(OC)c3)c3ccc([nH]3)c(-c3cccc(OC)c3)c3nc(c(-c4cccc(OC)c4)c4ccc([nH]4)c2-c2cccc(OC)c2)C=C3)C1(O)CCCCCC. The van der Waals surface area contributed by atoms with E-state index in [4.69, 9.17) is 28.9 Å². The first-order chi connectivity index (χ1) is 34.2. The first-order valence-electron chi connectivity index (χ1n) is 24.7. The van der Waals surface area contributed by atoms with Crippen LogP contribution >= 0.6 is 0 Å². The zero-order chi connectivity index (χ0) is 48.8. The van der Waals surface area contributed by atoms with Crippen molar-refractivity contribution in [3.8, 4) is 67.5 Å². The Kier molecular flexibility index (Phi) is 14.3. The van der Waals surface area contributed by atoms with Crippen LogP contribution in [0.15, 0.2) is 121 Å². The minimum absolute atomic E-state index is 0.275. The summed E-state index contributed by atoms with van der Waals surface area (Å²) in [5, 5.41) is 28.3. The third-order valence-electron chi connectivity index (χ3n) is 14.0. The second-order valence-corrected chi connectivity index (χ2v) is 18.4. The van der Waals surface area contributed by atoms with Gasteiger partial charge < -0.3 is 39.1 Å². The number of nitrogens with zero attached hydrogens (tertiary/aromatic N) is 2. The third kappa shape index (κ3) is 9.09. The van der Waals surface area contributed by atoms with Crippen molar-refractivity contribution >= 4 is 34.2 Å². The van der Waals surface area contributed by atoms with Crippen molar-refractivity contribution in [3.63, 3.8) is 0 Å². The highest BCUT2D eigenvalue weighted by atomic mass is 16.5. The average Bonchev–Trinajstić information content (AvgIpc) is 4.22. The van der Waals surface area contributed by atoms with Gasteiger partial charge in [0, 0.05) is 44.3 Å². The monoisotopic (exact) mass is 936 g/mol. The number of hydrogen-bond donors (Lipinski definition) is 4. The molecule has 70 heavy (non-hydrogen) atoms. The van der Waals surface area contributed by atoms with E-state index in [9.17, 15) is 10.2 Å². The van der Waals surface area contributed by atoms with Gasteiger partial charge in [0.05, 0.1) is 51.2 Å². The van der Waals surface area contributed by atoms with Crippen molar-refractivity contribution < 1.29 is 29.2 Å². The predicted molar refractivity (Wildman–Crippen MR) is 283 cm³/mol. The molecule has 2 aliphatic heterocycles. The number of nitrogens with one attached hydrogen (secondary N) is 2. The van der Waals surface area contributed by atoms with Gasteiger partial charge in [0.2, 0.25) is 0 Å². The molecule has 2 unspecified atom stereocenters. The molecule has 0 aliphatic carbocycles. The van der Waals surface area contributed by atoms with Crippen molar-refractivity contribution in [2.45, 2.75) is 89.3 Å². The van der Waals surface area contributed by atoms with E-state index in [0.29, 0.717) is 69.4 Å². The number of ether oxygens (including phenoxy) is 4. The molecule has 0 saturated heterocycles. The molecular formula is C60H64N4O6. The molecule has 360 valence electrons. The van der Waals surface area contributed by atoms with Gasteiger partial charge in [0.15, 0.2) is 0 Å². The first-order valence-corrected chi connectivity index (χ1v) is 24.7. The lowest BCUT2D eigenvalue weighted by molar-refractivity contribution is -0.167. The Hall–Kier alpha value is -7.14. The van der Waals surface area contributed by atoms with Crippen LogP contribution in [0.25, 0.3) is 78.7 Å². The number of methoxy groups -OCH3 is 4. The van der Waals surface area contributed by atoms with Crippen LogP contribution in [0, 0.1) is 0 Å². The van der Waals surface area contributed by atoms with Crippen molar-refractivity contribution in [1.82, 2.24) is 19.9 Å². The highest BCUT2D eigenvalue weighted by Crippen LogP contribution is 2.55. The van der Waals surface area contributed by atoms with Crippen LogP contribution in [0.1, 0.15) is 101 Å². The molecule has 5 heterocycles. The van der Waals surface area contributed by atoms with Gasteiger partial charge in [-0.2, -0.15) is 0 Å². The minimum atomic E-state index is -1.85. The summed E-state index contributed by atoms with van der Waals surface area (Å²) in [5.41, 5.74) is 7.89. The Balaban J connectivity index is 1.53. The van der Waals surface area contributed by atoms with Gasteiger partial charge >= 0.3 is 0 Å². The molecule has 0 amide bonds. The van der Waals surface area contributed by atoms with Crippen LogP contribution in [-0.2, 0) is 11.2 Å². The van der Waals surface area contributed by atoms with E-state index >= 15 is 0 Å². The molecule has 4 N–H and O–H groups in total. The van der Waals surface area contributed by atoms with Gasteiger partial charge in [-0.1, -0.05) is 114 Å². The highest BCUT2D eigenvalue weighted by Gasteiger charge is 2.58. The number of fused-ring (bicyclic) bond motifs is 8. The van der Waals surface area contributed by atoms with E-state index in [2.05, 4.69) is 60.2 Å². The number of aromatic amines is 2. The Bertz CT molecular complexity index is 3000. The van der Waals surface area contributed by atoms with E-state index in [1.54, 1.807) is 28.4 Å². The zero-order valence-corrected chi connectivity index (χ0v) is 41.2. The van der Waals surface area contributed by atoms with Gasteiger partial charge in [-0.15, -0.1) is 0 Å². The normalized spacial score (nSPS) is 16.3. The van der Waals surface area contributed by atoms with E-state index in [-0.39, 0.29) is 12.8 Å². The smallest absolute Gasteiger partial charge is 0.141 e. The summed E-state index contributed by atoms with van der Waals surface area (Å²) in [6.07, 6.45) is 11.8. The molecule has 2 atom stereocenters. The van der Waals surface area contributed by atoms with Gasteiger partial charge in [-0.25, -0.2) is 9.97 Å². The Morgan fingerprint density at radius 1 is 0.414 bits per heavy atom. The van der Waals surface area contributed by atoms with Crippen LogP contribution in [0.2, 0.25) is 0 Å². The summed E-state index contributed by atoms with van der Waals surface area (Å²) in [7, 11) is 6.65. The zero-order valence-electron chi connectivity index (χ0n) is 41.2. The maximum Gasteiger partial charge on any atom is 0.141 e. The lowest BCUT2D eigenvalue weighted by Gasteiger charge is -2.40. The van der Waals surface area contributed by atoms with Gasteiger partial charge in [0.1, 0.15) is 34.2 Å². The Labute approximate surface area is 411 Å². The van der Waals surface area contributed by atoms with Crippen LogP contribution < -0.4 is 18.9 Å². The van der Waals surface area contributed by atoms with Crippen LogP contribution in [0.3, 0.4) is 0 Å². The molecule has 9 rings (SSSR count). The first kappa shape index (κ1) is 47.9. The fraction of sp³-hybridized carbons (Fsp3) is 0.300. The largest absolute Gasteiger partial charge is 0.497 e. The number of hydrogen-bond acceptors (Lipinski definition) is 8. The van der Waals surface area contributed by atoms with Gasteiger partial charge in [0.25, 0.3) is 0 Å². The number of benzene rings is 4. The van der Waals surface area contributed by atoms with Gasteiger partial charge in [-0.05, 0) is 120 Å². The second-order valence-electron chi connectivity index (χ2n) is 18.4. The molecule has 0 saturated carbocycles. The Morgan fingerprint density at radius 3 is 1.07 bits per heavy atom. The van der Waals surface area contributed by atoms with E-state index in [1.165, 1.54) is 0 Å². The van der Waals surface area contributed by atoms with Gasteiger partial charge in [-0.3, -0.25) is 0 Å². The quantitative estimate of drug-likeness (QED) is 0.0625. The average molecular weight is 937 g/mol. The number of aliphatic hydroxyl groups is 2. The Morgan fingerprint density at radius 2 is 0.743 bits per heavy atom. The summed E-state index contributed by atoms with van der Waals surface area (Å²) in [4.78, 5) is 18.8. The number of H-pyrrole nitrogens is 2. The van der Waals surface area contributed by atoms with Crippen molar-refractivity contribution in [2.75, 3.05) is 28.4 Å². The molecule has 0 radical (unpaired) electrons. The predicted octanol–water partition coefficient (Wildman–Crippen LogP) is 14.2. The molecule has 7 aromatic rings. The van der Waals surface area contributed by atoms with Crippen LogP contribution in [0.5, 0.6) is 23.0 Å². The second kappa shape index (κ2) is 20.8. The molecule has 8 bridgehead atoms. The fourth-order valence-electron chi connectivity index (χ4n) is 10.3. The lowest BCUT2D eigenvalue weighted by atomic mass is 9.71. The van der Waals surface area contributed by atoms with Crippen LogP contribution in [0.4, 0.5) is 0 Å². The number of unbranched alkanes of at least 4 members (excludes halogenated alkanes) is 6. The molecule has 10 nitrogen and oxygen atoms in total. The molecule has 4 aromatic carbocycles. The minimum Gasteiger partial charge on any atom is -0.497 e. The lowest BCUT2D eigenvalue weighted by Crippen LogP contribution is -2.46. The van der Waals surface area contributed by atoms with Crippen LogP contribution in [-0.4, -0.2) is 58.6 Å². The van der Waals surface area contributed by atoms with E-state index in [0.717, 1.165) is 94.3 Å². The molecular weight excluding hydrogens is 873 g/mol. The molecule has 2 aliphatic rings. The van der Waals surface area contributed by atoms with E-state index < -0.39 is 11.2 Å². The maximum atomic E-state index is 14.2.